The standard InChI is InChI=1S/C7H8N4O2/c1-2-3-4-5-10-6-8-7(9-10)11(12)13/h6H,4-5H2,1H3. The third-order valence-corrected chi connectivity index (χ3v) is 1.33. The predicted molar refractivity (Wildman–Crippen MR) is 44.7 cm³/mol. The van der Waals surface area contributed by atoms with Gasteiger partial charge in [0.15, 0.2) is 0 Å². The molecule has 0 aliphatic heterocycles. The van der Waals surface area contributed by atoms with Gasteiger partial charge >= 0.3 is 5.95 Å². The summed E-state index contributed by atoms with van der Waals surface area (Å²) in [6.07, 6.45) is 1.95. The molecule has 0 saturated carbocycles. The molecule has 0 aliphatic rings. The number of nitrogens with zero attached hydrogens (tertiary/aromatic N) is 4. The van der Waals surface area contributed by atoms with Gasteiger partial charge in [-0.3, -0.25) is 0 Å². The molecule has 0 fully saturated rings. The Labute approximate surface area is 74.7 Å². The number of aryl methyl sites for hydroxylation is 1. The summed E-state index contributed by atoms with van der Waals surface area (Å²) in [5.74, 6) is 5.18. The fraction of sp³-hybridized carbons (Fsp3) is 0.429. The molecular formula is C7H8N4O2. The van der Waals surface area contributed by atoms with E-state index in [1.54, 1.807) is 6.92 Å². The van der Waals surface area contributed by atoms with Crippen LogP contribution in [0.3, 0.4) is 0 Å². The van der Waals surface area contributed by atoms with Crippen LogP contribution in [0.25, 0.3) is 0 Å². The van der Waals surface area contributed by atoms with E-state index in [0.717, 1.165) is 0 Å². The van der Waals surface area contributed by atoms with Crippen molar-refractivity contribution in [2.24, 2.45) is 0 Å². The van der Waals surface area contributed by atoms with Gasteiger partial charge in [-0.05, 0) is 11.8 Å². The van der Waals surface area contributed by atoms with E-state index in [-0.39, 0.29) is 5.95 Å². The number of rotatable bonds is 3. The normalized spacial score (nSPS) is 9.00. The predicted octanol–water partition coefficient (Wildman–Crippen LogP) is 0.600. The summed E-state index contributed by atoms with van der Waals surface area (Å²) in [7, 11) is 0. The van der Waals surface area contributed by atoms with Crippen molar-refractivity contribution in [2.45, 2.75) is 19.9 Å². The van der Waals surface area contributed by atoms with E-state index >= 15 is 0 Å². The highest BCUT2D eigenvalue weighted by Gasteiger charge is 2.11. The summed E-state index contributed by atoms with van der Waals surface area (Å²) in [6.45, 7) is 2.27. The van der Waals surface area contributed by atoms with Gasteiger partial charge in [-0.25, -0.2) is 0 Å². The van der Waals surface area contributed by atoms with Crippen LogP contribution in [0.2, 0.25) is 0 Å². The summed E-state index contributed by atoms with van der Waals surface area (Å²) in [5.41, 5.74) is 0. The molecule has 0 amide bonds. The van der Waals surface area contributed by atoms with Gasteiger partial charge in [0.2, 0.25) is 6.33 Å². The highest BCUT2D eigenvalue weighted by atomic mass is 16.6. The molecule has 0 saturated heterocycles. The maximum Gasteiger partial charge on any atom is 0.490 e. The first-order valence-electron chi connectivity index (χ1n) is 3.67. The Hall–Kier alpha value is -1.90. The van der Waals surface area contributed by atoms with Crippen LogP contribution in [0.4, 0.5) is 5.95 Å². The largest absolute Gasteiger partial charge is 0.490 e. The van der Waals surface area contributed by atoms with Crippen molar-refractivity contribution in [3.05, 3.63) is 16.4 Å². The molecule has 0 atom stereocenters. The minimum atomic E-state index is -0.623. The van der Waals surface area contributed by atoms with Crippen LogP contribution in [0.1, 0.15) is 13.3 Å². The molecular weight excluding hydrogens is 172 g/mol. The molecule has 0 bridgehead atoms. The minimum Gasteiger partial charge on any atom is -0.390 e. The molecule has 0 aliphatic carbocycles. The third-order valence-electron chi connectivity index (χ3n) is 1.33. The molecule has 6 nitrogen and oxygen atoms in total. The first-order chi connectivity index (χ1) is 6.24. The Bertz CT molecular complexity index is 360. The van der Waals surface area contributed by atoms with E-state index in [1.807, 2.05) is 0 Å². The first-order valence-corrected chi connectivity index (χ1v) is 3.67. The van der Waals surface area contributed by atoms with Crippen LogP contribution >= 0.6 is 0 Å². The molecule has 0 unspecified atom stereocenters. The molecule has 1 heterocycles. The van der Waals surface area contributed by atoms with E-state index in [9.17, 15) is 10.1 Å². The Morgan fingerprint density at radius 3 is 3.08 bits per heavy atom. The molecule has 1 aromatic heterocycles. The summed E-state index contributed by atoms with van der Waals surface area (Å²) in [5, 5.41) is 13.8. The SMILES string of the molecule is CC#CCCn1cnc([N+](=O)[O-])n1. The maximum atomic E-state index is 10.2. The van der Waals surface area contributed by atoms with Crippen molar-refractivity contribution in [2.75, 3.05) is 0 Å². The lowest BCUT2D eigenvalue weighted by Crippen LogP contribution is -1.98. The van der Waals surface area contributed by atoms with Crippen LogP contribution in [-0.4, -0.2) is 19.7 Å². The molecule has 0 aromatic carbocycles. The monoisotopic (exact) mass is 180 g/mol. The van der Waals surface area contributed by atoms with E-state index in [1.165, 1.54) is 11.0 Å². The molecule has 0 spiro atoms. The van der Waals surface area contributed by atoms with E-state index in [4.69, 9.17) is 0 Å². The fourth-order valence-corrected chi connectivity index (χ4v) is 0.772. The molecule has 6 heteroatoms. The fourth-order valence-electron chi connectivity index (χ4n) is 0.772. The van der Waals surface area contributed by atoms with Crippen LogP contribution in [0, 0.1) is 22.0 Å². The van der Waals surface area contributed by atoms with Crippen LogP contribution in [-0.2, 0) is 6.54 Å². The molecule has 1 aromatic rings. The topological polar surface area (TPSA) is 73.8 Å². The van der Waals surface area contributed by atoms with Crippen molar-refractivity contribution >= 4 is 5.95 Å². The Balaban J connectivity index is 2.57. The van der Waals surface area contributed by atoms with E-state index < -0.39 is 4.92 Å². The minimum absolute atomic E-state index is 0.371. The average molecular weight is 180 g/mol. The van der Waals surface area contributed by atoms with Gasteiger partial charge in [0.1, 0.15) is 0 Å². The van der Waals surface area contributed by atoms with Gasteiger partial charge in [0.05, 0.1) is 6.54 Å². The maximum absolute atomic E-state index is 10.2. The van der Waals surface area contributed by atoms with Crippen LogP contribution < -0.4 is 0 Å². The zero-order valence-corrected chi connectivity index (χ0v) is 7.10. The van der Waals surface area contributed by atoms with Crippen molar-refractivity contribution in [3.8, 4) is 11.8 Å². The van der Waals surface area contributed by atoms with Gasteiger partial charge in [0, 0.05) is 11.5 Å². The Morgan fingerprint density at radius 2 is 2.54 bits per heavy atom. The van der Waals surface area contributed by atoms with Crippen LogP contribution in [0.15, 0.2) is 6.33 Å². The zero-order chi connectivity index (χ0) is 9.68. The van der Waals surface area contributed by atoms with Crippen molar-refractivity contribution < 1.29 is 4.92 Å². The number of aromatic nitrogens is 3. The lowest BCUT2D eigenvalue weighted by atomic mass is 10.4. The number of hydrogen-bond donors (Lipinski definition) is 0. The molecule has 68 valence electrons. The quantitative estimate of drug-likeness (QED) is 0.388. The molecule has 0 N–H and O–H groups in total. The first kappa shape index (κ1) is 9.19. The smallest absolute Gasteiger partial charge is 0.390 e. The highest BCUT2D eigenvalue weighted by molar-refractivity contribution is 4.98. The lowest BCUT2D eigenvalue weighted by molar-refractivity contribution is -0.394. The van der Waals surface area contributed by atoms with E-state index in [0.29, 0.717) is 13.0 Å². The van der Waals surface area contributed by atoms with Gasteiger partial charge in [-0.15, -0.1) is 11.8 Å². The average Bonchev–Trinajstić information content (AvgIpc) is 2.53. The number of hydrogen-bond acceptors (Lipinski definition) is 4. The lowest BCUT2D eigenvalue weighted by Gasteiger charge is -1.87. The molecule has 0 radical (unpaired) electrons. The van der Waals surface area contributed by atoms with Gasteiger partial charge < -0.3 is 10.1 Å². The van der Waals surface area contributed by atoms with Gasteiger partial charge in [-0.2, -0.15) is 4.68 Å². The van der Waals surface area contributed by atoms with E-state index in [2.05, 4.69) is 21.9 Å². The molecule has 1 rings (SSSR count). The number of nitro groups is 1. The van der Waals surface area contributed by atoms with Crippen LogP contribution in [0.5, 0.6) is 0 Å². The second-order valence-electron chi connectivity index (χ2n) is 2.24. The molecule has 13 heavy (non-hydrogen) atoms. The van der Waals surface area contributed by atoms with Crippen molar-refractivity contribution in [3.63, 3.8) is 0 Å². The van der Waals surface area contributed by atoms with Gasteiger partial charge in [0.25, 0.3) is 0 Å². The summed E-state index contributed by atoms with van der Waals surface area (Å²) in [4.78, 5) is 13.1. The summed E-state index contributed by atoms with van der Waals surface area (Å²) in [6, 6.07) is 0. The second kappa shape index (κ2) is 4.21. The second-order valence-corrected chi connectivity index (χ2v) is 2.24. The Morgan fingerprint density at radius 1 is 1.77 bits per heavy atom. The Kier molecular flexibility index (Phi) is 2.97. The zero-order valence-electron chi connectivity index (χ0n) is 7.10. The van der Waals surface area contributed by atoms with Gasteiger partial charge in [-0.1, -0.05) is 4.98 Å². The summed E-state index contributed by atoms with van der Waals surface area (Å²) < 4.78 is 1.41. The van der Waals surface area contributed by atoms with Crippen molar-refractivity contribution in [1.29, 1.82) is 0 Å². The third kappa shape index (κ3) is 2.56. The highest BCUT2D eigenvalue weighted by Crippen LogP contribution is 1.99. The van der Waals surface area contributed by atoms with Crippen molar-refractivity contribution in [1.82, 2.24) is 14.8 Å². The summed E-state index contributed by atoms with van der Waals surface area (Å²) >= 11 is 0.